The Kier molecular flexibility index (Phi) is 3.77. The predicted molar refractivity (Wildman–Crippen MR) is 83.7 cm³/mol. The number of anilines is 1. The Morgan fingerprint density at radius 3 is 2.61 bits per heavy atom. The van der Waals surface area contributed by atoms with Crippen LogP contribution in [-0.4, -0.2) is 46.3 Å². The molecule has 4 heterocycles. The molecule has 0 aliphatic carbocycles. The maximum Gasteiger partial charge on any atom is 0.180 e. The topological polar surface area (TPSA) is 71.4 Å². The highest BCUT2D eigenvalue weighted by molar-refractivity contribution is 5.53. The molecule has 0 saturated carbocycles. The maximum atomic E-state index is 5.33. The summed E-state index contributed by atoms with van der Waals surface area (Å²) < 4.78 is 10.3. The van der Waals surface area contributed by atoms with Gasteiger partial charge in [0.25, 0.3) is 0 Å². The fourth-order valence-electron chi connectivity index (χ4n) is 2.73. The Labute approximate surface area is 133 Å². The lowest BCUT2D eigenvalue weighted by Crippen LogP contribution is -2.46. The fraction of sp³-hybridized carbons (Fsp3) is 0.312. The molecule has 7 heteroatoms. The van der Waals surface area contributed by atoms with E-state index in [4.69, 9.17) is 8.83 Å². The van der Waals surface area contributed by atoms with Crippen LogP contribution in [0.4, 0.5) is 5.82 Å². The summed E-state index contributed by atoms with van der Waals surface area (Å²) in [6.07, 6.45) is 4.81. The highest BCUT2D eigenvalue weighted by Gasteiger charge is 2.19. The molecular weight excluding hydrogens is 294 g/mol. The van der Waals surface area contributed by atoms with Gasteiger partial charge in [0.15, 0.2) is 18.0 Å². The van der Waals surface area contributed by atoms with Crippen molar-refractivity contribution in [1.29, 1.82) is 0 Å². The third-order valence-electron chi connectivity index (χ3n) is 3.99. The number of rotatable bonds is 4. The normalized spacial score (nSPS) is 15.9. The van der Waals surface area contributed by atoms with Crippen LogP contribution in [-0.2, 0) is 6.54 Å². The van der Waals surface area contributed by atoms with E-state index in [1.807, 2.05) is 24.3 Å². The second-order valence-corrected chi connectivity index (χ2v) is 5.50. The minimum Gasteiger partial charge on any atom is -0.463 e. The molecule has 0 bridgehead atoms. The largest absolute Gasteiger partial charge is 0.463 e. The number of hydrogen-bond acceptors (Lipinski definition) is 7. The number of piperazine rings is 1. The fourth-order valence-corrected chi connectivity index (χ4v) is 2.73. The third-order valence-corrected chi connectivity index (χ3v) is 3.99. The molecule has 3 aromatic rings. The van der Waals surface area contributed by atoms with E-state index in [1.165, 1.54) is 6.39 Å². The Bertz CT molecular complexity index is 716. The highest BCUT2D eigenvalue weighted by Crippen LogP contribution is 2.19. The van der Waals surface area contributed by atoms with Crippen LogP contribution in [0.15, 0.2) is 52.0 Å². The summed E-state index contributed by atoms with van der Waals surface area (Å²) in [6, 6.07) is 7.67. The molecule has 1 fully saturated rings. The molecule has 0 radical (unpaired) electrons. The lowest BCUT2D eigenvalue weighted by molar-refractivity contribution is 0.246. The van der Waals surface area contributed by atoms with Gasteiger partial charge < -0.3 is 13.7 Å². The van der Waals surface area contributed by atoms with Gasteiger partial charge in [0.2, 0.25) is 0 Å². The van der Waals surface area contributed by atoms with Gasteiger partial charge in [-0.25, -0.2) is 4.98 Å². The SMILES string of the molecule is c1coc(-c2ccc(N3CCN(Cc4cocn4)CC3)nn2)c1. The Morgan fingerprint density at radius 1 is 1.04 bits per heavy atom. The summed E-state index contributed by atoms with van der Waals surface area (Å²) in [5, 5.41) is 8.58. The van der Waals surface area contributed by atoms with Crippen LogP contribution in [0.2, 0.25) is 0 Å². The molecule has 1 aliphatic heterocycles. The van der Waals surface area contributed by atoms with Crippen LogP contribution in [0.1, 0.15) is 5.69 Å². The molecule has 0 atom stereocenters. The molecule has 0 spiro atoms. The van der Waals surface area contributed by atoms with E-state index in [0.717, 1.165) is 55.7 Å². The van der Waals surface area contributed by atoms with Gasteiger partial charge in [0.1, 0.15) is 12.0 Å². The standard InChI is InChI=1S/C16H17N5O2/c1-2-15(23-9-1)14-3-4-16(19-18-14)21-7-5-20(6-8-21)10-13-11-22-12-17-13/h1-4,9,11-12H,5-8,10H2. The van der Waals surface area contributed by atoms with Gasteiger partial charge in [-0.1, -0.05) is 0 Å². The number of furan rings is 1. The molecule has 0 unspecified atom stereocenters. The summed E-state index contributed by atoms with van der Waals surface area (Å²) in [4.78, 5) is 8.78. The lowest BCUT2D eigenvalue weighted by atomic mass is 10.2. The summed E-state index contributed by atoms with van der Waals surface area (Å²) in [5.41, 5.74) is 1.73. The maximum absolute atomic E-state index is 5.33. The number of aromatic nitrogens is 3. The molecule has 0 aromatic carbocycles. The van der Waals surface area contributed by atoms with Crippen molar-refractivity contribution in [3.8, 4) is 11.5 Å². The first kappa shape index (κ1) is 14.0. The monoisotopic (exact) mass is 311 g/mol. The summed E-state index contributed by atoms with van der Waals surface area (Å²) >= 11 is 0. The first-order chi connectivity index (χ1) is 11.4. The van der Waals surface area contributed by atoms with Gasteiger partial charge >= 0.3 is 0 Å². The quantitative estimate of drug-likeness (QED) is 0.730. The van der Waals surface area contributed by atoms with Crippen molar-refractivity contribution in [3.63, 3.8) is 0 Å². The van der Waals surface area contributed by atoms with E-state index >= 15 is 0 Å². The molecule has 0 N–H and O–H groups in total. The molecule has 4 rings (SSSR count). The number of nitrogens with zero attached hydrogens (tertiary/aromatic N) is 5. The van der Waals surface area contributed by atoms with Crippen molar-refractivity contribution in [1.82, 2.24) is 20.1 Å². The van der Waals surface area contributed by atoms with Crippen LogP contribution in [0.3, 0.4) is 0 Å². The smallest absolute Gasteiger partial charge is 0.180 e. The highest BCUT2D eigenvalue weighted by atomic mass is 16.3. The molecule has 1 saturated heterocycles. The molecule has 118 valence electrons. The van der Waals surface area contributed by atoms with Crippen molar-refractivity contribution in [2.45, 2.75) is 6.54 Å². The van der Waals surface area contributed by atoms with Gasteiger partial charge in [-0.2, -0.15) is 0 Å². The summed E-state index contributed by atoms with van der Waals surface area (Å²) in [6.45, 7) is 4.61. The number of oxazole rings is 1. The zero-order valence-corrected chi connectivity index (χ0v) is 12.6. The van der Waals surface area contributed by atoms with E-state index in [-0.39, 0.29) is 0 Å². The van der Waals surface area contributed by atoms with E-state index in [0.29, 0.717) is 0 Å². The molecule has 7 nitrogen and oxygen atoms in total. The molecule has 1 aliphatic rings. The first-order valence-corrected chi connectivity index (χ1v) is 7.60. The Morgan fingerprint density at radius 2 is 1.96 bits per heavy atom. The Balaban J connectivity index is 1.36. The van der Waals surface area contributed by atoms with E-state index in [2.05, 4.69) is 25.0 Å². The van der Waals surface area contributed by atoms with E-state index in [1.54, 1.807) is 12.5 Å². The van der Waals surface area contributed by atoms with Crippen molar-refractivity contribution in [2.24, 2.45) is 0 Å². The zero-order chi connectivity index (χ0) is 15.5. The second kappa shape index (κ2) is 6.21. The van der Waals surface area contributed by atoms with E-state index < -0.39 is 0 Å². The van der Waals surface area contributed by atoms with Crippen molar-refractivity contribution in [3.05, 3.63) is 48.9 Å². The van der Waals surface area contributed by atoms with E-state index in [9.17, 15) is 0 Å². The van der Waals surface area contributed by atoms with Crippen LogP contribution >= 0.6 is 0 Å². The Hall–Kier alpha value is -2.67. The first-order valence-electron chi connectivity index (χ1n) is 7.60. The van der Waals surface area contributed by atoms with Crippen LogP contribution in [0, 0.1) is 0 Å². The minimum absolute atomic E-state index is 0.737. The van der Waals surface area contributed by atoms with Gasteiger partial charge in [0, 0.05) is 32.7 Å². The summed E-state index contributed by atoms with van der Waals surface area (Å²) in [7, 11) is 0. The minimum atomic E-state index is 0.737. The van der Waals surface area contributed by atoms with Crippen molar-refractivity contribution < 1.29 is 8.83 Å². The molecule has 3 aromatic heterocycles. The lowest BCUT2D eigenvalue weighted by Gasteiger charge is -2.34. The van der Waals surface area contributed by atoms with Gasteiger partial charge in [-0.15, -0.1) is 10.2 Å². The van der Waals surface area contributed by atoms with Gasteiger partial charge in [-0.3, -0.25) is 4.90 Å². The number of hydrogen-bond donors (Lipinski definition) is 0. The van der Waals surface area contributed by atoms with Crippen LogP contribution < -0.4 is 4.90 Å². The molecule has 23 heavy (non-hydrogen) atoms. The second-order valence-electron chi connectivity index (χ2n) is 5.50. The van der Waals surface area contributed by atoms with Gasteiger partial charge in [0.05, 0.1) is 12.0 Å². The molecule has 0 amide bonds. The van der Waals surface area contributed by atoms with Crippen LogP contribution in [0.25, 0.3) is 11.5 Å². The summed E-state index contributed by atoms with van der Waals surface area (Å²) in [5.74, 6) is 1.64. The van der Waals surface area contributed by atoms with Crippen molar-refractivity contribution >= 4 is 5.82 Å². The zero-order valence-electron chi connectivity index (χ0n) is 12.6. The van der Waals surface area contributed by atoms with Crippen LogP contribution in [0.5, 0.6) is 0 Å². The average molecular weight is 311 g/mol. The molecular formula is C16H17N5O2. The van der Waals surface area contributed by atoms with Gasteiger partial charge in [-0.05, 0) is 24.3 Å². The average Bonchev–Trinajstić information content (AvgIpc) is 3.30. The predicted octanol–water partition coefficient (Wildman–Crippen LogP) is 2.05. The van der Waals surface area contributed by atoms with Crippen molar-refractivity contribution in [2.75, 3.05) is 31.1 Å². The third kappa shape index (κ3) is 3.09.